The minimum absolute atomic E-state index is 0.341. The molecule has 0 saturated carbocycles. The van der Waals surface area contributed by atoms with Crippen LogP contribution >= 0.6 is 0 Å². The molecule has 0 radical (unpaired) electrons. The van der Waals surface area contributed by atoms with Gasteiger partial charge in [-0.1, -0.05) is 36.9 Å². The number of benzene rings is 2. The average Bonchev–Trinajstić information content (AvgIpc) is 3.15. The third-order valence-corrected chi connectivity index (χ3v) is 4.56. The van der Waals surface area contributed by atoms with E-state index in [1.807, 2.05) is 30.3 Å². The summed E-state index contributed by atoms with van der Waals surface area (Å²) >= 11 is 0. The highest BCUT2D eigenvalue weighted by molar-refractivity contribution is 6.04. The topological polar surface area (TPSA) is 81.9 Å². The molecule has 2 heterocycles. The summed E-state index contributed by atoms with van der Waals surface area (Å²) in [6, 6.07) is 12.8. The normalized spacial score (nSPS) is 10.8. The van der Waals surface area contributed by atoms with Crippen molar-refractivity contribution in [3.63, 3.8) is 0 Å². The molecule has 1 amide bonds. The Labute approximate surface area is 171 Å². The lowest BCUT2D eigenvalue weighted by Crippen LogP contribution is -2.09. The van der Waals surface area contributed by atoms with E-state index in [9.17, 15) is 9.18 Å². The van der Waals surface area contributed by atoms with E-state index in [0.29, 0.717) is 39.3 Å². The highest BCUT2D eigenvalue weighted by Crippen LogP contribution is 2.37. The molecule has 150 valence electrons. The van der Waals surface area contributed by atoms with Crippen LogP contribution in [0.1, 0.15) is 0 Å². The number of nitrogens with one attached hydrogen (secondary N) is 1. The largest absolute Gasteiger partial charge is 0.494 e. The van der Waals surface area contributed by atoms with Gasteiger partial charge in [-0.3, -0.25) is 9.48 Å². The monoisotopic (exact) mass is 403 g/mol. The Kier molecular flexibility index (Phi) is 4.97. The van der Waals surface area contributed by atoms with Crippen LogP contribution in [0, 0.1) is 6.08 Å². The van der Waals surface area contributed by atoms with Crippen molar-refractivity contribution in [2.45, 2.75) is 0 Å². The molecule has 2 aromatic carbocycles. The summed E-state index contributed by atoms with van der Waals surface area (Å²) < 4.78 is 21.3. The predicted molar refractivity (Wildman–Crippen MR) is 113 cm³/mol. The third-order valence-electron chi connectivity index (χ3n) is 4.56. The van der Waals surface area contributed by atoms with Crippen molar-refractivity contribution < 1.29 is 13.9 Å². The van der Waals surface area contributed by atoms with Gasteiger partial charge in [0.2, 0.25) is 5.91 Å². The molecule has 4 rings (SSSR count). The number of methoxy groups -OCH3 is 1. The molecule has 30 heavy (non-hydrogen) atoms. The van der Waals surface area contributed by atoms with Gasteiger partial charge in [-0.25, -0.2) is 9.97 Å². The lowest BCUT2D eigenvalue weighted by Gasteiger charge is -2.12. The molecule has 4 aromatic rings. The lowest BCUT2D eigenvalue weighted by atomic mass is 10.0. The Hall–Kier alpha value is -4.07. The SMILES string of the molecule is C=CC(=O)Nc1cc2c(-c3cn(C)nc3-c3ccccc3)nc(F)nc2cc1OC. The van der Waals surface area contributed by atoms with Crippen molar-refractivity contribution in [3.8, 4) is 28.3 Å². The number of fused-ring (bicyclic) bond motifs is 1. The van der Waals surface area contributed by atoms with Crippen molar-refractivity contribution in [1.29, 1.82) is 0 Å². The summed E-state index contributed by atoms with van der Waals surface area (Å²) in [5, 5.41) is 7.78. The number of hydrogen-bond acceptors (Lipinski definition) is 5. The number of anilines is 1. The Morgan fingerprint density at radius 2 is 1.97 bits per heavy atom. The van der Waals surface area contributed by atoms with Crippen molar-refractivity contribution in [2.75, 3.05) is 12.4 Å². The van der Waals surface area contributed by atoms with Crippen LogP contribution in [0.25, 0.3) is 33.4 Å². The summed E-state index contributed by atoms with van der Waals surface area (Å²) in [7, 11) is 3.24. The number of amides is 1. The highest BCUT2D eigenvalue weighted by atomic mass is 19.1. The lowest BCUT2D eigenvalue weighted by molar-refractivity contribution is -0.111. The first-order valence-corrected chi connectivity index (χ1v) is 9.08. The number of nitrogens with zero attached hydrogens (tertiary/aromatic N) is 4. The second-order valence-corrected chi connectivity index (χ2v) is 6.54. The minimum atomic E-state index is -0.870. The summed E-state index contributed by atoms with van der Waals surface area (Å²) in [5.74, 6) is -0.0557. The Morgan fingerprint density at radius 3 is 2.67 bits per heavy atom. The minimum Gasteiger partial charge on any atom is -0.494 e. The standard InChI is InChI=1S/C22H18FN5O2/c1-4-19(29)24-17-10-14-16(11-18(17)30-3)25-22(23)26-21(14)15-12-28(2)27-20(15)13-8-6-5-7-9-13/h4-12H,1H2,2-3H3,(H,24,29). The maximum Gasteiger partial charge on any atom is 0.309 e. The summed E-state index contributed by atoms with van der Waals surface area (Å²) in [4.78, 5) is 19.8. The molecule has 0 aliphatic heterocycles. The maximum atomic E-state index is 14.4. The Balaban J connectivity index is 1.99. The molecule has 0 atom stereocenters. The molecule has 0 aliphatic rings. The van der Waals surface area contributed by atoms with Crippen LogP contribution in [-0.4, -0.2) is 32.8 Å². The molecule has 0 aliphatic carbocycles. The molecule has 1 N–H and O–H groups in total. The molecule has 0 bridgehead atoms. The van der Waals surface area contributed by atoms with Crippen LogP contribution < -0.4 is 10.1 Å². The Morgan fingerprint density at radius 1 is 1.20 bits per heavy atom. The zero-order chi connectivity index (χ0) is 21.3. The quantitative estimate of drug-likeness (QED) is 0.403. The van der Waals surface area contributed by atoms with E-state index in [2.05, 4.69) is 27.0 Å². The van der Waals surface area contributed by atoms with Crippen molar-refractivity contribution >= 4 is 22.5 Å². The molecule has 7 nitrogen and oxygen atoms in total. The molecular weight excluding hydrogens is 385 g/mol. The first kappa shape index (κ1) is 19.3. The van der Waals surface area contributed by atoms with Gasteiger partial charge >= 0.3 is 6.08 Å². The van der Waals surface area contributed by atoms with Gasteiger partial charge in [0.25, 0.3) is 0 Å². The van der Waals surface area contributed by atoms with Gasteiger partial charge in [-0.2, -0.15) is 9.49 Å². The van der Waals surface area contributed by atoms with Gasteiger partial charge in [0.15, 0.2) is 0 Å². The molecule has 0 spiro atoms. The number of carbonyl (C=O) groups excluding carboxylic acids is 1. The number of rotatable bonds is 5. The number of hydrogen-bond donors (Lipinski definition) is 1. The van der Waals surface area contributed by atoms with Crippen LogP contribution in [0.3, 0.4) is 0 Å². The molecule has 0 saturated heterocycles. The van der Waals surface area contributed by atoms with Crippen LogP contribution in [0.2, 0.25) is 0 Å². The van der Waals surface area contributed by atoms with Crippen LogP contribution in [-0.2, 0) is 11.8 Å². The predicted octanol–water partition coefficient (Wildman–Crippen LogP) is 3.97. The summed E-state index contributed by atoms with van der Waals surface area (Å²) in [6.07, 6.45) is 2.06. The second kappa shape index (κ2) is 7.75. The van der Waals surface area contributed by atoms with E-state index in [1.165, 1.54) is 7.11 Å². The molecule has 8 heteroatoms. The van der Waals surface area contributed by atoms with E-state index in [1.54, 1.807) is 30.1 Å². The van der Waals surface area contributed by atoms with Gasteiger partial charge < -0.3 is 10.1 Å². The van der Waals surface area contributed by atoms with Crippen LogP contribution in [0.5, 0.6) is 5.75 Å². The molecule has 2 aromatic heterocycles. The number of halogens is 1. The van der Waals surface area contributed by atoms with Crippen molar-refractivity contribution in [2.24, 2.45) is 7.05 Å². The first-order valence-electron chi connectivity index (χ1n) is 9.08. The maximum absolute atomic E-state index is 14.4. The van der Waals surface area contributed by atoms with Gasteiger partial charge in [0.1, 0.15) is 11.4 Å². The van der Waals surface area contributed by atoms with E-state index in [-0.39, 0.29) is 0 Å². The van der Waals surface area contributed by atoms with Crippen LogP contribution in [0.15, 0.2) is 61.3 Å². The third kappa shape index (κ3) is 3.50. The number of ether oxygens (including phenoxy) is 1. The van der Waals surface area contributed by atoms with Gasteiger partial charge in [-0.05, 0) is 12.1 Å². The smallest absolute Gasteiger partial charge is 0.309 e. The van der Waals surface area contributed by atoms with Crippen molar-refractivity contribution in [3.05, 3.63) is 67.4 Å². The van der Waals surface area contributed by atoms with E-state index < -0.39 is 12.0 Å². The zero-order valence-corrected chi connectivity index (χ0v) is 16.4. The van der Waals surface area contributed by atoms with E-state index >= 15 is 0 Å². The second-order valence-electron chi connectivity index (χ2n) is 6.54. The van der Waals surface area contributed by atoms with Gasteiger partial charge in [0.05, 0.1) is 24.0 Å². The number of carbonyl (C=O) groups is 1. The summed E-state index contributed by atoms with van der Waals surface area (Å²) in [6.45, 7) is 3.46. The van der Waals surface area contributed by atoms with Gasteiger partial charge in [0, 0.05) is 35.8 Å². The Bertz CT molecular complexity index is 1270. The first-order chi connectivity index (χ1) is 14.5. The average molecular weight is 403 g/mol. The zero-order valence-electron chi connectivity index (χ0n) is 16.4. The number of aromatic nitrogens is 4. The van der Waals surface area contributed by atoms with E-state index in [4.69, 9.17) is 4.74 Å². The molecular formula is C22H18FN5O2. The van der Waals surface area contributed by atoms with Crippen molar-refractivity contribution in [1.82, 2.24) is 19.7 Å². The van der Waals surface area contributed by atoms with Gasteiger partial charge in [-0.15, -0.1) is 0 Å². The van der Waals surface area contributed by atoms with E-state index in [0.717, 1.165) is 11.6 Å². The fraction of sp³-hybridized carbons (Fsp3) is 0.0909. The molecule has 0 unspecified atom stereocenters. The molecule has 0 fully saturated rings. The summed E-state index contributed by atoms with van der Waals surface area (Å²) in [5.41, 5.74) is 3.27. The number of aryl methyl sites for hydroxylation is 1. The van der Waals surface area contributed by atoms with Crippen LogP contribution in [0.4, 0.5) is 10.1 Å². The highest BCUT2D eigenvalue weighted by Gasteiger charge is 2.20. The fourth-order valence-corrected chi connectivity index (χ4v) is 3.25. The fourth-order valence-electron chi connectivity index (χ4n) is 3.25.